The first-order valence-corrected chi connectivity index (χ1v) is 12.5. The number of hydrogen-bond donors (Lipinski definition) is 1. The first-order valence-electron chi connectivity index (χ1n) is 10.7. The minimum absolute atomic E-state index is 0.100. The number of hydrogen-bond acceptors (Lipinski definition) is 4. The Labute approximate surface area is 197 Å². The zero-order valence-electron chi connectivity index (χ0n) is 19.2. The lowest BCUT2D eigenvalue weighted by Crippen LogP contribution is -2.51. The Morgan fingerprint density at radius 2 is 1.68 bits per heavy atom. The van der Waals surface area contributed by atoms with Gasteiger partial charge < -0.3 is 10.2 Å². The van der Waals surface area contributed by atoms with Crippen LogP contribution in [0.2, 0.25) is 0 Å². The molecular formula is C23H28F3N3O4S. The third-order valence-electron chi connectivity index (χ3n) is 5.13. The molecule has 34 heavy (non-hydrogen) atoms. The van der Waals surface area contributed by atoms with E-state index in [0.29, 0.717) is 22.5 Å². The van der Waals surface area contributed by atoms with E-state index in [1.807, 2.05) is 6.92 Å². The predicted molar refractivity (Wildman–Crippen MR) is 123 cm³/mol. The molecular weight excluding hydrogens is 471 g/mol. The summed E-state index contributed by atoms with van der Waals surface area (Å²) in [6, 6.07) is 6.78. The highest BCUT2D eigenvalue weighted by molar-refractivity contribution is 7.92. The molecule has 11 heteroatoms. The Balaban J connectivity index is 2.35. The molecule has 0 radical (unpaired) electrons. The van der Waals surface area contributed by atoms with Crippen LogP contribution in [-0.4, -0.2) is 50.5 Å². The second-order valence-corrected chi connectivity index (χ2v) is 9.74. The molecule has 0 bridgehead atoms. The van der Waals surface area contributed by atoms with Crippen LogP contribution in [0.1, 0.15) is 32.3 Å². The molecule has 0 aliphatic heterocycles. The number of unbranched alkanes of at least 4 members (excludes halogenated alkanes) is 1. The van der Waals surface area contributed by atoms with Crippen molar-refractivity contribution >= 4 is 27.5 Å². The van der Waals surface area contributed by atoms with Crippen LogP contribution in [0.3, 0.4) is 0 Å². The van der Waals surface area contributed by atoms with Gasteiger partial charge in [-0.3, -0.25) is 13.9 Å². The van der Waals surface area contributed by atoms with Crippen LogP contribution in [0, 0.1) is 17.5 Å². The zero-order valence-corrected chi connectivity index (χ0v) is 20.0. The first-order chi connectivity index (χ1) is 15.9. The predicted octanol–water partition coefficient (Wildman–Crippen LogP) is 3.20. The molecule has 186 valence electrons. The minimum atomic E-state index is -4.07. The standard InChI is InChI=1S/C23H28F3N3O4S/c1-4-5-12-27-23(31)16(2)28(14-17-6-8-18(24)9-7-17)22(30)15-29(34(3,32)33)19-10-11-20(25)21(26)13-19/h6-11,13,16H,4-5,12,14-15H2,1-3H3,(H,27,31)/t16-/m1/s1. The summed E-state index contributed by atoms with van der Waals surface area (Å²) < 4.78 is 65.8. The van der Waals surface area contributed by atoms with Crippen molar-refractivity contribution in [3.05, 3.63) is 65.5 Å². The highest BCUT2D eigenvalue weighted by Gasteiger charge is 2.30. The summed E-state index contributed by atoms with van der Waals surface area (Å²) in [7, 11) is -4.07. The van der Waals surface area contributed by atoms with Crippen LogP contribution in [0.5, 0.6) is 0 Å². The van der Waals surface area contributed by atoms with Crippen LogP contribution in [-0.2, 0) is 26.2 Å². The normalized spacial score (nSPS) is 12.2. The Hall–Kier alpha value is -3.08. The van der Waals surface area contributed by atoms with E-state index in [0.717, 1.165) is 36.1 Å². The van der Waals surface area contributed by atoms with Crippen LogP contribution in [0.4, 0.5) is 18.9 Å². The van der Waals surface area contributed by atoms with E-state index in [2.05, 4.69) is 5.32 Å². The number of carbonyl (C=O) groups excluding carboxylic acids is 2. The molecule has 0 aliphatic carbocycles. The minimum Gasteiger partial charge on any atom is -0.354 e. The summed E-state index contributed by atoms with van der Waals surface area (Å²) in [5.41, 5.74) is 0.276. The van der Waals surface area contributed by atoms with Gasteiger partial charge in [-0.05, 0) is 43.2 Å². The van der Waals surface area contributed by atoms with E-state index < -0.39 is 51.9 Å². The van der Waals surface area contributed by atoms with Crippen molar-refractivity contribution < 1.29 is 31.2 Å². The van der Waals surface area contributed by atoms with Gasteiger partial charge in [0.15, 0.2) is 11.6 Å². The van der Waals surface area contributed by atoms with Gasteiger partial charge >= 0.3 is 0 Å². The molecule has 0 spiro atoms. The molecule has 2 aromatic carbocycles. The Morgan fingerprint density at radius 1 is 1.03 bits per heavy atom. The third kappa shape index (κ3) is 7.47. The molecule has 0 saturated carbocycles. The van der Waals surface area contributed by atoms with Crippen molar-refractivity contribution in [2.45, 2.75) is 39.3 Å². The van der Waals surface area contributed by atoms with E-state index >= 15 is 0 Å². The first kappa shape index (κ1) is 27.2. The van der Waals surface area contributed by atoms with Crippen LogP contribution in [0.25, 0.3) is 0 Å². The lowest BCUT2D eigenvalue weighted by Gasteiger charge is -2.31. The maximum Gasteiger partial charge on any atom is 0.244 e. The van der Waals surface area contributed by atoms with Crippen LogP contribution < -0.4 is 9.62 Å². The van der Waals surface area contributed by atoms with Gasteiger partial charge in [-0.2, -0.15) is 0 Å². The van der Waals surface area contributed by atoms with E-state index in [1.54, 1.807) is 0 Å². The van der Waals surface area contributed by atoms with Gasteiger partial charge in [0.25, 0.3) is 0 Å². The van der Waals surface area contributed by atoms with Gasteiger partial charge in [-0.1, -0.05) is 25.5 Å². The SMILES string of the molecule is CCCCNC(=O)[C@@H](C)N(Cc1ccc(F)cc1)C(=O)CN(c1ccc(F)c(F)c1)S(C)(=O)=O. The van der Waals surface area contributed by atoms with Crippen molar-refractivity contribution in [1.29, 1.82) is 0 Å². The van der Waals surface area contributed by atoms with Crippen LogP contribution >= 0.6 is 0 Å². The third-order valence-corrected chi connectivity index (χ3v) is 6.27. The van der Waals surface area contributed by atoms with Crippen molar-refractivity contribution in [1.82, 2.24) is 10.2 Å². The highest BCUT2D eigenvalue weighted by Crippen LogP contribution is 2.21. The summed E-state index contributed by atoms with van der Waals surface area (Å²) >= 11 is 0. The number of anilines is 1. The van der Waals surface area contributed by atoms with Crippen molar-refractivity contribution in [2.24, 2.45) is 0 Å². The molecule has 2 aromatic rings. The topological polar surface area (TPSA) is 86.8 Å². The van der Waals surface area contributed by atoms with E-state index in [-0.39, 0.29) is 12.2 Å². The molecule has 7 nitrogen and oxygen atoms in total. The fourth-order valence-corrected chi connectivity index (χ4v) is 4.00. The second-order valence-electron chi connectivity index (χ2n) is 7.84. The van der Waals surface area contributed by atoms with Crippen molar-refractivity contribution in [3.63, 3.8) is 0 Å². The number of nitrogens with zero attached hydrogens (tertiary/aromatic N) is 2. The number of sulfonamides is 1. The lowest BCUT2D eigenvalue weighted by molar-refractivity contribution is -0.139. The van der Waals surface area contributed by atoms with Crippen molar-refractivity contribution in [2.75, 3.05) is 23.7 Å². The quantitative estimate of drug-likeness (QED) is 0.481. The van der Waals surface area contributed by atoms with Gasteiger partial charge in [0.05, 0.1) is 11.9 Å². The van der Waals surface area contributed by atoms with Gasteiger partial charge in [-0.25, -0.2) is 21.6 Å². The maximum absolute atomic E-state index is 13.8. The molecule has 1 N–H and O–H groups in total. The number of amides is 2. The fourth-order valence-electron chi connectivity index (χ4n) is 3.16. The molecule has 0 aromatic heterocycles. The summed E-state index contributed by atoms with van der Waals surface area (Å²) in [5, 5.41) is 2.73. The molecule has 2 rings (SSSR count). The number of benzene rings is 2. The fraction of sp³-hybridized carbons (Fsp3) is 0.391. The Kier molecular flexibility index (Phi) is 9.48. The van der Waals surface area contributed by atoms with Crippen LogP contribution in [0.15, 0.2) is 42.5 Å². The van der Waals surface area contributed by atoms with Gasteiger partial charge in [0.2, 0.25) is 21.8 Å². The van der Waals surface area contributed by atoms with E-state index in [9.17, 15) is 31.2 Å². The molecule has 0 heterocycles. The number of nitrogens with one attached hydrogen (secondary N) is 1. The largest absolute Gasteiger partial charge is 0.354 e. The molecule has 2 amide bonds. The Bertz CT molecular complexity index is 1110. The second kappa shape index (κ2) is 11.9. The number of halogens is 3. The average Bonchev–Trinajstić information content (AvgIpc) is 2.77. The Morgan fingerprint density at radius 3 is 2.24 bits per heavy atom. The molecule has 0 fully saturated rings. The zero-order chi connectivity index (χ0) is 25.5. The van der Waals surface area contributed by atoms with Gasteiger partial charge in [0.1, 0.15) is 18.4 Å². The van der Waals surface area contributed by atoms with Gasteiger partial charge in [-0.15, -0.1) is 0 Å². The smallest absolute Gasteiger partial charge is 0.244 e. The lowest BCUT2D eigenvalue weighted by atomic mass is 10.1. The number of carbonyl (C=O) groups is 2. The summed E-state index contributed by atoms with van der Waals surface area (Å²) in [6.45, 7) is 3.00. The van der Waals surface area contributed by atoms with Crippen molar-refractivity contribution in [3.8, 4) is 0 Å². The average molecular weight is 500 g/mol. The molecule has 1 atom stereocenters. The van der Waals surface area contributed by atoms with E-state index in [4.69, 9.17) is 0 Å². The molecule has 0 aliphatic rings. The summed E-state index contributed by atoms with van der Waals surface area (Å²) in [4.78, 5) is 27.1. The molecule has 0 saturated heterocycles. The highest BCUT2D eigenvalue weighted by atomic mass is 32.2. The number of rotatable bonds is 11. The van der Waals surface area contributed by atoms with E-state index in [1.165, 1.54) is 31.2 Å². The summed E-state index contributed by atoms with van der Waals surface area (Å²) in [5.74, 6) is -4.11. The molecule has 0 unspecified atom stereocenters. The summed E-state index contributed by atoms with van der Waals surface area (Å²) in [6.07, 6.45) is 2.42. The van der Waals surface area contributed by atoms with Gasteiger partial charge in [0, 0.05) is 19.2 Å². The monoisotopic (exact) mass is 499 g/mol. The maximum atomic E-state index is 13.8.